The lowest BCUT2D eigenvalue weighted by Gasteiger charge is -2.34. The number of hydrogen-bond acceptors (Lipinski definition) is 4. The molecule has 6 heteroatoms. The van der Waals surface area contributed by atoms with Crippen LogP contribution in [0.25, 0.3) is 0 Å². The fourth-order valence-corrected chi connectivity index (χ4v) is 3.56. The van der Waals surface area contributed by atoms with Crippen LogP contribution >= 0.6 is 23.6 Å². The Morgan fingerprint density at radius 1 is 1.53 bits per heavy atom. The Bertz CT molecular complexity index is 478. The van der Waals surface area contributed by atoms with Gasteiger partial charge in [0.1, 0.15) is 5.01 Å². The maximum atomic E-state index is 12.4. The molecule has 1 aromatic heterocycles. The zero-order chi connectivity index (χ0) is 13.9. The van der Waals surface area contributed by atoms with Gasteiger partial charge in [0.25, 0.3) is 0 Å². The van der Waals surface area contributed by atoms with Gasteiger partial charge in [-0.1, -0.05) is 31.5 Å². The standard InChI is InChI=1S/C13H19N3OS2/c1-9-8-19-10(16-9)7-15-12(17)13(11(14)18)5-3-2-4-6-13/h8H,2-7H2,1H3,(H2,14,18)(H,15,17). The molecular weight excluding hydrogens is 278 g/mol. The number of amides is 1. The lowest BCUT2D eigenvalue weighted by Crippen LogP contribution is -2.49. The Morgan fingerprint density at radius 2 is 2.21 bits per heavy atom. The van der Waals surface area contributed by atoms with E-state index in [2.05, 4.69) is 10.3 Å². The number of hydrogen-bond donors (Lipinski definition) is 2. The molecule has 1 aromatic rings. The van der Waals surface area contributed by atoms with E-state index >= 15 is 0 Å². The fraction of sp³-hybridized carbons (Fsp3) is 0.615. The van der Waals surface area contributed by atoms with E-state index in [4.69, 9.17) is 18.0 Å². The Labute approximate surface area is 122 Å². The number of thiocarbonyl (C=S) groups is 1. The molecule has 1 aliphatic rings. The second kappa shape index (κ2) is 5.96. The summed E-state index contributed by atoms with van der Waals surface area (Å²) in [5.41, 5.74) is 6.18. The van der Waals surface area contributed by atoms with Crippen molar-refractivity contribution in [3.05, 3.63) is 16.1 Å². The van der Waals surface area contributed by atoms with Gasteiger partial charge in [-0.25, -0.2) is 4.98 Å². The first-order valence-corrected chi connectivity index (χ1v) is 7.82. The second-order valence-corrected chi connectivity index (χ2v) is 6.45. The first kappa shape index (κ1) is 14.4. The Morgan fingerprint density at radius 3 is 2.74 bits per heavy atom. The summed E-state index contributed by atoms with van der Waals surface area (Å²) in [6.07, 6.45) is 4.72. The Kier molecular flexibility index (Phi) is 4.52. The minimum Gasteiger partial charge on any atom is -0.392 e. The molecule has 0 aliphatic heterocycles. The molecule has 0 bridgehead atoms. The number of rotatable bonds is 4. The van der Waals surface area contributed by atoms with Crippen molar-refractivity contribution in [1.29, 1.82) is 0 Å². The average molecular weight is 297 g/mol. The molecule has 1 aliphatic carbocycles. The van der Waals surface area contributed by atoms with Crippen LogP contribution in [0.3, 0.4) is 0 Å². The normalized spacial score (nSPS) is 17.9. The van der Waals surface area contributed by atoms with E-state index in [0.29, 0.717) is 11.5 Å². The molecule has 0 aromatic carbocycles. The van der Waals surface area contributed by atoms with E-state index in [9.17, 15) is 4.79 Å². The topological polar surface area (TPSA) is 68.0 Å². The number of carbonyl (C=O) groups excluding carboxylic acids is 1. The highest BCUT2D eigenvalue weighted by Crippen LogP contribution is 2.37. The first-order chi connectivity index (χ1) is 9.04. The van der Waals surface area contributed by atoms with Crippen molar-refractivity contribution in [2.24, 2.45) is 11.1 Å². The Balaban J connectivity index is 2.02. The van der Waals surface area contributed by atoms with Gasteiger partial charge in [-0.3, -0.25) is 4.79 Å². The number of carbonyl (C=O) groups is 1. The molecule has 0 spiro atoms. The highest BCUT2D eigenvalue weighted by Gasteiger charge is 2.42. The number of aromatic nitrogens is 1. The summed E-state index contributed by atoms with van der Waals surface area (Å²) in [6, 6.07) is 0. The Hall–Kier alpha value is -1.01. The minimum absolute atomic E-state index is 0.0347. The van der Waals surface area contributed by atoms with Crippen molar-refractivity contribution in [2.75, 3.05) is 0 Å². The molecule has 0 unspecified atom stereocenters. The maximum Gasteiger partial charge on any atom is 0.233 e. The van der Waals surface area contributed by atoms with Gasteiger partial charge < -0.3 is 11.1 Å². The van der Waals surface area contributed by atoms with E-state index in [-0.39, 0.29) is 5.91 Å². The molecule has 19 heavy (non-hydrogen) atoms. The quantitative estimate of drug-likeness (QED) is 0.837. The van der Waals surface area contributed by atoms with Gasteiger partial charge in [-0.05, 0) is 19.8 Å². The zero-order valence-corrected chi connectivity index (χ0v) is 12.7. The van der Waals surface area contributed by atoms with Crippen molar-refractivity contribution in [3.63, 3.8) is 0 Å². The van der Waals surface area contributed by atoms with Crippen LogP contribution in [0.1, 0.15) is 42.8 Å². The summed E-state index contributed by atoms with van der Waals surface area (Å²) in [4.78, 5) is 17.1. The largest absolute Gasteiger partial charge is 0.392 e. The van der Waals surface area contributed by atoms with E-state index in [1.165, 1.54) is 0 Å². The molecule has 2 rings (SSSR count). The van der Waals surface area contributed by atoms with Crippen molar-refractivity contribution >= 4 is 34.5 Å². The van der Waals surface area contributed by atoms with E-state index in [1.807, 2.05) is 12.3 Å². The molecule has 1 fully saturated rings. The highest BCUT2D eigenvalue weighted by atomic mass is 32.1. The summed E-state index contributed by atoms with van der Waals surface area (Å²) in [7, 11) is 0. The second-order valence-electron chi connectivity index (χ2n) is 5.07. The molecule has 1 saturated carbocycles. The summed E-state index contributed by atoms with van der Waals surface area (Å²) in [6.45, 7) is 2.40. The SMILES string of the molecule is Cc1csc(CNC(=O)C2(C(N)=S)CCCCC2)n1. The average Bonchev–Trinajstić information content (AvgIpc) is 2.82. The fourth-order valence-electron chi connectivity index (χ4n) is 2.55. The van der Waals surface area contributed by atoms with Crippen LogP contribution in [-0.4, -0.2) is 15.9 Å². The number of nitrogens with one attached hydrogen (secondary N) is 1. The lowest BCUT2D eigenvalue weighted by atomic mass is 9.73. The summed E-state index contributed by atoms with van der Waals surface area (Å²) >= 11 is 6.70. The first-order valence-electron chi connectivity index (χ1n) is 6.54. The van der Waals surface area contributed by atoms with Crippen LogP contribution < -0.4 is 11.1 Å². The van der Waals surface area contributed by atoms with Crippen LogP contribution in [0.15, 0.2) is 5.38 Å². The molecule has 1 amide bonds. The van der Waals surface area contributed by atoms with Crippen molar-refractivity contribution < 1.29 is 4.79 Å². The van der Waals surface area contributed by atoms with Gasteiger partial charge >= 0.3 is 0 Å². The third-order valence-corrected chi connectivity index (χ3v) is 5.04. The third-order valence-electron chi connectivity index (χ3n) is 3.68. The van der Waals surface area contributed by atoms with Crippen LogP contribution in [0.4, 0.5) is 0 Å². The molecular formula is C13H19N3OS2. The van der Waals surface area contributed by atoms with Crippen LogP contribution in [0.5, 0.6) is 0 Å². The molecule has 4 nitrogen and oxygen atoms in total. The van der Waals surface area contributed by atoms with Gasteiger partial charge in [-0.2, -0.15) is 0 Å². The highest BCUT2D eigenvalue weighted by molar-refractivity contribution is 7.80. The molecule has 0 atom stereocenters. The molecule has 3 N–H and O–H groups in total. The maximum absolute atomic E-state index is 12.4. The van der Waals surface area contributed by atoms with Crippen molar-refractivity contribution in [2.45, 2.75) is 45.6 Å². The van der Waals surface area contributed by atoms with Gasteiger partial charge in [0.05, 0.1) is 16.9 Å². The van der Waals surface area contributed by atoms with Crippen LogP contribution in [0, 0.1) is 12.3 Å². The zero-order valence-electron chi connectivity index (χ0n) is 11.1. The van der Waals surface area contributed by atoms with E-state index < -0.39 is 5.41 Å². The molecule has 104 valence electrons. The van der Waals surface area contributed by atoms with Crippen LogP contribution in [0.2, 0.25) is 0 Å². The van der Waals surface area contributed by atoms with Crippen molar-refractivity contribution in [3.8, 4) is 0 Å². The predicted octanol–water partition coefficient (Wildman–Crippen LogP) is 2.30. The van der Waals surface area contributed by atoms with Gasteiger partial charge in [-0.15, -0.1) is 11.3 Å². The number of thiazole rings is 1. The number of nitrogens with zero attached hydrogens (tertiary/aromatic N) is 1. The number of aryl methyl sites for hydroxylation is 1. The van der Waals surface area contributed by atoms with Gasteiger partial charge in [0, 0.05) is 11.1 Å². The van der Waals surface area contributed by atoms with E-state index in [1.54, 1.807) is 11.3 Å². The van der Waals surface area contributed by atoms with Crippen LogP contribution in [-0.2, 0) is 11.3 Å². The minimum atomic E-state index is -0.639. The van der Waals surface area contributed by atoms with E-state index in [0.717, 1.165) is 42.8 Å². The summed E-state index contributed by atoms with van der Waals surface area (Å²) in [5.74, 6) is -0.0347. The predicted molar refractivity (Wildman–Crippen MR) is 81.0 cm³/mol. The molecule has 0 saturated heterocycles. The smallest absolute Gasteiger partial charge is 0.233 e. The summed E-state index contributed by atoms with van der Waals surface area (Å²) < 4.78 is 0. The van der Waals surface area contributed by atoms with Gasteiger partial charge in [0.2, 0.25) is 5.91 Å². The summed E-state index contributed by atoms with van der Waals surface area (Å²) in [5, 5.41) is 5.84. The lowest BCUT2D eigenvalue weighted by molar-refractivity contribution is -0.129. The molecule has 1 heterocycles. The molecule has 0 radical (unpaired) electrons. The third kappa shape index (κ3) is 3.12. The monoisotopic (exact) mass is 297 g/mol. The number of nitrogens with two attached hydrogens (primary N) is 1. The van der Waals surface area contributed by atoms with Crippen molar-refractivity contribution in [1.82, 2.24) is 10.3 Å². The van der Waals surface area contributed by atoms with Gasteiger partial charge in [0.15, 0.2) is 0 Å².